The number of methoxy groups -OCH3 is 1. The highest BCUT2D eigenvalue weighted by Gasteiger charge is 2.30. The van der Waals surface area contributed by atoms with Crippen LogP contribution >= 0.6 is 0 Å². The van der Waals surface area contributed by atoms with E-state index in [1.807, 2.05) is 6.07 Å². The maximum Gasteiger partial charge on any atom is 0.119 e. The second-order valence-electron chi connectivity index (χ2n) is 6.16. The van der Waals surface area contributed by atoms with E-state index in [2.05, 4.69) is 37.4 Å². The van der Waals surface area contributed by atoms with Crippen LogP contribution < -0.4 is 10.1 Å². The molecule has 0 bridgehead atoms. The zero-order valence-electron chi connectivity index (χ0n) is 11.8. The van der Waals surface area contributed by atoms with Crippen molar-refractivity contribution in [3.8, 4) is 5.75 Å². The number of ether oxygens (including phenoxy) is 1. The predicted octanol–water partition coefficient (Wildman–Crippen LogP) is 3.41. The third-order valence-corrected chi connectivity index (χ3v) is 3.95. The second-order valence-corrected chi connectivity index (χ2v) is 6.16. The van der Waals surface area contributed by atoms with E-state index in [0.29, 0.717) is 11.5 Å². The molecule has 0 spiro atoms. The van der Waals surface area contributed by atoms with Gasteiger partial charge in [-0.05, 0) is 55.3 Å². The number of rotatable bonds is 5. The Kier molecular flexibility index (Phi) is 4.28. The highest BCUT2D eigenvalue weighted by Crippen LogP contribution is 2.36. The van der Waals surface area contributed by atoms with Crippen LogP contribution in [0.25, 0.3) is 0 Å². The molecule has 1 unspecified atom stereocenters. The van der Waals surface area contributed by atoms with Crippen molar-refractivity contribution in [2.24, 2.45) is 5.41 Å². The van der Waals surface area contributed by atoms with Crippen LogP contribution in [0.4, 0.5) is 0 Å². The molecular formula is C16H25NO. The predicted molar refractivity (Wildman–Crippen MR) is 76.1 cm³/mol. The fourth-order valence-electron chi connectivity index (χ4n) is 2.86. The molecule has 0 amide bonds. The molecule has 0 radical (unpaired) electrons. The van der Waals surface area contributed by atoms with Crippen molar-refractivity contribution in [3.63, 3.8) is 0 Å². The van der Waals surface area contributed by atoms with Crippen LogP contribution in [-0.4, -0.2) is 19.7 Å². The summed E-state index contributed by atoms with van der Waals surface area (Å²) in [7, 11) is 1.72. The molecule has 100 valence electrons. The molecule has 2 rings (SSSR count). The smallest absolute Gasteiger partial charge is 0.119 e. The quantitative estimate of drug-likeness (QED) is 0.861. The van der Waals surface area contributed by atoms with Gasteiger partial charge in [0.2, 0.25) is 0 Å². The van der Waals surface area contributed by atoms with Crippen LogP contribution in [0.1, 0.15) is 38.7 Å². The summed E-state index contributed by atoms with van der Waals surface area (Å²) < 4.78 is 5.24. The molecule has 1 N–H and O–H groups in total. The average molecular weight is 247 g/mol. The zero-order chi connectivity index (χ0) is 13.0. The number of benzene rings is 1. The van der Waals surface area contributed by atoms with Crippen molar-refractivity contribution in [1.82, 2.24) is 5.32 Å². The largest absolute Gasteiger partial charge is 0.497 e. The molecule has 18 heavy (non-hydrogen) atoms. The summed E-state index contributed by atoms with van der Waals surface area (Å²) in [4.78, 5) is 0. The van der Waals surface area contributed by atoms with Crippen molar-refractivity contribution in [2.45, 2.75) is 45.6 Å². The van der Waals surface area contributed by atoms with Crippen molar-refractivity contribution in [3.05, 3.63) is 29.8 Å². The van der Waals surface area contributed by atoms with Gasteiger partial charge in [-0.25, -0.2) is 0 Å². The average Bonchev–Trinajstić information content (AvgIpc) is 2.69. The molecule has 0 heterocycles. The summed E-state index contributed by atoms with van der Waals surface area (Å²) in [6.45, 7) is 5.81. The van der Waals surface area contributed by atoms with Crippen LogP contribution in [0.5, 0.6) is 5.75 Å². The first-order valence-corrected chi connectivity index (χ1v) is 6.95. The normalized spacial score (nSPS) is 22.1. The molecular weight excluding hydrogens is 222 g/mol. The Morgan fingerprint density at radius 1 is 1.39 bits per heavy atom. The van der Waals surface area contributed by atoms with Gasteiger partial charge in [-0.2, -0.15) is 0 Å². The van der Waals surface area contributed by atoms with Gasteiger partial charge in [0.1, 0.15) is 5.75 Å². The number of hydrogen-bond acceptors (Lipinski definition) is 2. The lowest BCUT2D eigenvalue weighted by molar-refractivity contribution is 0.365. The lowest BCUT2D eigenvalue weighted by Crippen LogP contribution is -2.29. The SMILES string of the molecule is COc1cccc(CCNC2CCC(C)(C)C2)c1. The van der Waals surface area contributed by atoms with Crippen LogP contribution in [-0.2, 0) is 6.42 Å². The van der Waals surface area contributed by atoms with E-state index in [4.69, 9.17) is 4.74 Å². The van der Waals surface area contributed by atoms with Gasteiger partial charge in [0.15, 0.2) is 0 Å². The Morgan fingerprint density at radius 2 is 2.22 bits per heavy atom. The van der Waals surface area contributed by atoms with E-state index < -0.39 is 0 Å². The van der Waals surface area contributed by atoms with Crippen LogP contribution in [0.15, 0.2) is 24.3 Å². The molecule has 2 nitrogen and oxygen atoms in total. The minimum atomic E-state index is 0.535. The Morgan fingerprint density at radius 3 is 2.89 bits per heavy atom. The fraction of sp³-hybridized carbons (Fsp3) is 0.625. The first-order chi connectivity index (χ1) is 8.59. The van der Waals surface area contributed by atoms with Gasteiger partial charge in [-0.1, -0.05) is 26.0 Å². The topological polar surface area (TPSA) is 21.3 Å². The Balaban J connectivity index is 1.75. The summed E-state index contributed by atoms with van der Waals surface area (Å²) in [6, 6.07) is 9.07. The molecule has 1 aromatic carbocycles. The lowest BCUT2D eigenvalue weighted by Gasteiger charge is -2.17. The van der Waals surface area contributed by atoms with Gasteiger partial charge < -0.3 is 10.1 Å². The summed E-state index contributed by atoms with van der Waals surface area (Å²) >= 11 is 0. The number of hydrogen-bond donors (Lipinski definition) is 1. The van der Waals surface area contributed by atoms with E-state index >= 15 is 0 Å². The van der Waals surface area contributed by atoms with Gasteiger partial charge in [0.05, 0.1) is 7.11 Å². The van der Waals surface area contributed by atoms with Crippen molar-refractivity contribution in [2.75, 3.05) is 13.7 Å². The first kappa shape index (κ1) is 13.4. The van der Waals surface area contributed by atoms with Gasteiger partial charge in [0.25, 0.3) is 0 Å². The molecule has 1 fully saturated rings. The van der Waals surface area contributed by atoms with E-state index in [1.165, 1.54) is 24.8 Å². The summed E-state index contributed by atoms with van der Waals surface area (Å²) in [5.74, 6) is 0.953. The second kappa shape index (κ2) is 5.75. The lowest BCUT2D eigenvalue weighted by atomic mass is 9.92. The molecule has 0 aliphatic heterocycles. The third-order valence-electron chi connectivity index (χ3n) is 3.95. The maximum atomic E-state index is 5.24. The summed E-state index contributed by atoms with van der Waals surface area (Å²) in [5.41, 5.74) is 1.88. The van der Waals surface area contributed by atoms with Gasteiger partial charge >= 0.3 is 0 Å². The Labute approximate surface area is 111 Å². The van der Waals surface area contributed by atoms with Gasteiger partial charge in [-0.15, -0.1) is 0 Å². The first-order valence-electron chi connectivity index (χ1n) is 6.95. The maximum absolute atomic E-state index is 5.24. The van der Waals surface area contributed by atoms with Crippen molar-refractivity contribution in [1.29, 1.82) is 0 Å². The monoisotopic (exact) mass is 247 g/mol. The number of nitrogens with one attached hydrogen (secondary N) is 1. The third kappa shape index (κ3) is 3.74. The molecule has 1 atom stereocenters. The van der Waals surface area contributed by atoms with E-state index in [0.717, 1.165) is 18.7 Å². The highest BCUT2D eigenvalue weighted by molar-refractivity contribution is 5.28. The molecule has 1 aromatic rings. The minimum absolute atomic E-state index is 0.535. The van der Waals surface area contributed by atoms with Crippen molar-refractivity contribution >= 4 is 0 Å². The Bertz CT molecular complexity index is 386. The van der Waals surface area contributed by atoms with E-state index in [-0.39, 0.29) is 0 Å². The molecule has 0 saturated heterocycles. The van der Waals surface area contributed by atoms with Gasteiger partial charge in [0, 0.05) is 6.04 Å². The molecule has 1 aliphatic rings. The summed E-state index contributed by atoms with van der Waals surface area (Å²) in [6.07, 6.45) is 5.06. The molecule has 1 saturated carbocycles. The highest BCUT2D eigenvalue weighted by atomic mass is 16.5. The Hall–Kier alpha value is -1.02. The standard InChI is InChI=1S/C16H25NO/c1-16(2)9-7-14(12-16)17-10-8-13-5-4-6-15(11-13)18-3/h4-6,11,14,17H,7-10,12H2,1-3H3. The fourth-order valence-corrected chi connectivity index (χ4v) is 2.86. The van der Waals surface area contributed by atoms with Crippen molar-refractivity contribution < 1.29 is 4.74 Å². The van der Waals surface area contributed by atoms with E-state index in [1.54, 1.807) is 7.11 Å². The summed E-state index contributed by atoms with van der Waals surface area (Å²) in [5, 5.41) is 3.68. The van der Waals surface area contributed by atoms with Gasteiger partial charge in [-0.3, -0.25) is 0 Å². The minimum Gasteiger partial charge on any atom is -0.497 e. The van der Waals surface area contributed by atoms with E-state index in [9.17, 15) is 0 Å². The molecule has 0 aromatic heterocycles. The molecule has 2 heteroatoms. The van der Waals surface area contributed by atoms with Crippen LogP contribution in [0.2, 0.25) is 0 Å². The van der Waals surface area contributed by atoms with Crippen LogP contribution in [0, 0.1) is 5.41 Å². The van der Waals surface area contributed by atoms with Crippen LogP contribution in [0.3, 0.4) is 0 Å². The zero-order valence-corrected chi connectivity index (χ0v) is 11.8. The molecule has 1 aliphatic carbocycles.